The monoisotopic (exact) mass is 157 g/mol. The Morgan fingerprint density at radius 3 is 2.91 bits per heavy atom. The molecule has 2 N–H and O–H groups in total. The number of likely N-dealkylation sites (tertiary alicyclic amines) is 1. The van der Waals surface area contributed by atoms with E-state index in [4.69, 9.17) is 5.11 Å². The molecule has 1 saturated carbocycles. The summed E-state index contributed by atoms with van der Waals surface area (Å²) in [4.78, 5) is 12.0. The van der Waals surface area contributed by atoms with Crippen LogP contribution in [0.2, 0.25) is 0 Å². The molecule has 0 aromatic heterocycles. The first-order valence-corrected chi connectivity index (χ1v) is 3.88. The fourth-order valence-corrected chi connectivity index (χ4v) is 1.86. The van der Waals surface area contributed by atoms with E-state index in [9.17, 15) is 9.90 Å². The van der Waals surface area contributed by atoms with Crippen molar-refractivity contribution >= 4 is 6.09 Å². The second-order valence-electron chi connectivity index (χ2n) is 3.30. The van der Waals surface area contributed by atoms with E-state index in [0.29, 0.717) is 13.0 Å². The Bertz CT molecular complexity index is 194. The van der Waals surface area contributed by atoms with Gasteiger partial charge in [0.2, 0.25) is 0 Å². The van der Waals surface area contributed by atoms with E-state index in [-0.39, 0.29) is 18.1 Å². The molecule has 1 heterocycles. The van der Waals surface area contributed by atoms with Crippen molar-refractivity contribution in [3.05, 3.63) is 0 Å². The van der Waals surface area contributed by atoms with E-state index in [2.05, 4.69) is 0 Å². The zero-order valence-corrected chi connectivity index (χ0v) is 6.10. The van der Waals surface area contributed by atoms with Gasteiger partial charge in [0.1, 0.15) is 0 Å². The molecule has 0 aromatic carbocycles. The van der Waals surface area contributed by atoms with Crippen LogP contribution in [0.1, 0.15) is 12.8 Å². The van der Waals surface area contributed by atoms with Gasteiger partial charge in [-0.2, -0.15) is 0 Å². The predicted octanol–water partition coefficient (Wildman–Crippen LogP) is 0.119. The first-order chi connectivity index (χ1) is 5.20. The summed E-state index contributed by atoms with van der Waals surface area (Å²) < 4.78 is 0. The summed E-state index contributed by atoms with van der Waals surface area (Å²) in [6, 6.07) is 0.122. The third kappa shape index (κ3) is 0.976. The van der Waals surface area contributed by atoms with Gasteiger partial charge in [-0.05, 0) is 12.8 Å². The number of aliphatic hydroxyl groups excluding tert-OH is 1. The van der Waals surface area contributed by atoms with Crippen LogP contribution in [0.4, 0.5) is 4.79 Å². The molecule has 0 bridgehead atoms. The lowest BCUT2D eigenvalue weighted by atomic mass is 10.1. The summed E-state index contributed by atoms with van der Waals surface area (Å²) in [6.07, 6.45) is 0.362. The normalized spacial score (nSPS) is 41.5. The van der Waals surface area contributed by atoms with Crippen molar-refractivity contribution in [2.24, 2.45) is 5.92 Å². The first kappa shape index (κ1) is 6.91. The highest BCUT2D eigenvalue weighted by Gasteiger charge is 2.51. The van der Waals surface area contributed by atoms with Gasteiger partial charge >= 0.3 is 6.09 Å². The number of carbonyl (C=O) groups is 1. The Hall–Kier alpha value is -0.770. The van der Waals surface area contributed by atoms with Crippen LogP contribution in [0.5, 0.6) is 0 Å². The maximum Gasteiger partial charge on any atom is 0.407 e. The third-order valence-electron chi connectivity index (χ3n) is 2.61. The van der Waals surface area contributed by atoms with Crippen LogP contribution in [-0.2, 0) is 0 Å². The summed E-state index contributed by atoms with van der Waals surface area (Å²) in [5.41, 5.74) is 0. The van der Waals surface area contributed by atoms with Gasteiger partial charge in [0.25, 0.3) is 0 Å². The number of rotatable bonds is 0. The molecular weight excluding hydrogens is 146 g/mol. The fraction of sp³-hybridized carbons (Fsp3) is 0.857. The Kier molecular flexibility index (Phi) is 1.32. The van der Waals surface area contributed by atoms with Gasteiger partial charge in [0, 0.05) is 18.5 Å². The van der Waals surface area contributed by atoms with Crippen molar-refractivity contribution in [2.75, 3.05) is 6.54 Å². The molecule has 1 saturated heterocycles. The van der Waals surface area contributed by atoms with Gasteiger partial charge in [0.05, 0.1) is 6.10 Å². The Morgan fingerprint density at radius 2 is 2.27 bits per heavy atom. The summed E-state index contributed by atoms with van der Waals surface area (Å²) in [6.45, 7) is 0.498. The highest BCUT2D eigenvalue weighted by molar-refractivity contribution is 5.66. The summed E-state index contributed by atoms with van der Waals surface area (Å²) in [7, 11) is 0. The lowest BCUT2D eigenvalue weighted by Crippen LogP contribution is -2.40. The van der Waals surface area contributed by atoms with Crippen molar-refractivity contribution in [3.8, 4) is 0 Å². The standard InChI is InChI=1S/C7H11NO3/c9-6-1-2-8(7(10)11)5-3-4(5)6/h4-6,9H,1-3H2,(H,10,11). The van der Waals surface area contributed by atoms with Gasteiger partial charge in [-0.15, -0.1) is 0 Å². The molecule has 11 heavy (non-hydrogen) atoms. The highest BCUT2D eigenvalue weighted by Crippen LogP contribution is 2.43. The van der Waals surface area contributed by atoms with Crippen LogP contribution >= 0.6 is 0 Å². The highest BCUT2D eigenvalue weighted by atomic mass is 16.4. The Morgan fingerprint density at radius 1 is 1.55 bits per heavy atom. The minimum absolute atomic E-state index is 0.122. The van der Waals surface area contributed by atoms with Gasteiger partial charge in [0.15, 0.2) is 0 Å². The van der Waals surface area contributed by atoms with E-state index < -0.39 is 6.09 Å². The molecule has 0 aromatic rings. The number of aliphatic hydroxyl groups is 1. The molecule has 3 unspecified atom stereocenters. The van der Waals surface area contributed by atoms with E-state index >= 15 is 0 Å². The smallest absolute Gasteiger partial charge is 0.407 e. The molecule has 1 amide bonds. The minimum atomic E-state index is -0.843. The maximum atomic E-state index is 10.5. The van der Waals surface area contributed by atoms with E-state index in [0.717, 1.165) is 6.42 Å². The maximum absolute atomic E-state index is 10.5. The SMILES string of the molecule is O=C(O)N1CCC(O)C2CC21. The van der Waals surface area contributed by atoms with E-state index in [1.165, 1.54) is 4.90 Å². The fourth-order valence-electron chi connectivity index (χ4n) is 1.86. The minimum Gasteiger partial charge on any atom is -0.465 e. The molecule has 2 rings (SSSR count). The lowest BCUT2D eigenvalue weighted by molar-refractivity contribution is 0.0707. The van der Waals surface area contributed by atoms with Gasteiger partial charge < -0.3 is 15.1 Å². The lowest BCUT2D eigenvalue weighted by Gasteiger charge is -2.26. The average Bonchev–Trinajstić information content (AvgIpc) is 2.66. The molecule has 4 heteroatoms. The average molecular weight is 157 g/mol. The third-order valence-corrected chi connectivity index (χ3v) is 2.61. The first-order valence-electron chi connectivity index (χ1n) is 3.88. The van der Waals surface area contributed by atoms with Gasteiger partial charge in [-0.25, -0.2) is 4.79 Å². The quantitative estimate of drug-likeness (QED) is 0.525. The van der Waals surface area contributed by atoms with Crippen molar-refractivity contribution in [1.29, 1.82) is 0 Å². The van der Waals surface area contributed by atoms with E-state index in [1.807, 2.05) is 0 Å². The van der Waals surface area contributed by atoms with Gasteiger partial charge in [-0.3, -0.25) is 0 Å². The summed E-state index contributed by atoms with van der Waals surface area (Å²) in [5.74, 6) is 0.236. The second kappa shape index (κ2) is 2.11. The molecule has 0 radical (unpaired) electrons. The second-order valence-corrected chi connectivity index (χ2v) is 3.30. The van der Waals surface area contributed by atoms with Crippen LogP contribution in [0.15, 0.2) is 0 Å². The number of hydrogen-bond donors (Lipinski definition) is 2. The van der Waals surface area contributed by atoms with Crippen LogP contribution < -0.4 is 0 Å². The van der Waals surface area contributed by atoms with Crippen molar-refractivity contribution in [3.63, 3.8) is 0 Å². The Labute approximate surface area is 64.4 Å². The van der Waals surface area contributed by atoms with Crippen LogP contribution in [0.25, 0.3) is 0 Å². The molecular formula is C7H11NO3. The molecule has 2 aliphatic rings. The number of piperidine rings is 1. The molecule has 62 valence electrons. The number of nitrogens with zero attached hydrogens (tertiary/aromatic N) is 1. The number of carboxylic acid groups (broad SMARTS) is 1. The van der Waals surface area contributed by atoms with Crippen molar-refractivity contribution < 1.29 is 15.0 Å². The number of amides is 1. The van der Waals surface area contributed by atoms with Crippen molar-refractivity contribution in [1.82, 2.24) is 4.90 Å². The van der Waals surface area contributed by atoms with Gasteiger partial charge in [-0.1, -0.05) is 0 Å². The van der Waals surface area contributed by atoms with Crippen LogP contribution in [0, 0.1) is 5.92 Å². The number of fused-ring (bicyclic) bond motifs is 1. The Balaban J connectivity index is 2.02. The van der Waals surface area contributed by atoms with Crippen molar-refractivity contribution in [2.45, 2.75) is 25.0 Å². The largest absolute Gasteiger partial charge is 0.465 e. The number of hydrogen-bond acceptors (Lipinski definition) is 2. The predicted molar refractivity (Wildman–Crippen MR) is 37.2 cm³/mol. The zero-order valence-electron chi connectivity index (χ0n) is 6.10. The summed E-state index contributed by atoms with van der Waals surface area (Å²) >= 11 is 0. The van der Waals surface area contributed by atoms with E-state index in [1.54, 1.807) is 0 Å². The molecule has 4 nitrogen and oxygen atoms in total. The molecule has 2 fully saturated rings. The molecule has 1 aliphatic heterocycles. The van der Waals surface area contributed by atoms with Crippen LogP contribution in [0.3, 0.4) is 0 Å². The molecule has 3 atom stereocenters. The topological polar surface area (TPSA) is 60.8 Å². The summed E-state index contributed by atoms with van der Waals surface area (Å²) in [5, 5.41) is 18.0. The zero-order chi connectivity index (χ0) is 8.01. The molecule has 0 spiro atoms. The van der Waals surface area contributed by atoms with Crippen LogP contribution in [-0.4, -0.2) is 39.9 Å². The molecule has 1 aliphatic carbocycles.